The lowest BCUT2D eigenvalue weighted by Gasteiger charge is -2.18. The molecule has 3 amide bonds. The number of imide groups is 1. The van der Waals surface area contributed by atoms with Gasteiger partial charge in [0.1, 0.15) is 23.0 Å². The zero-order valence-electron chi connectivity index (χ0n) is 23.2. The number of nitrogen functional groups attached to an aromatic ring is 2. The predicted molar refractivity (Wildman–Crippen MR) is 168 cm³/mol. The first kappa shape index (κ1) is 26.5. The molecule has 0 bridgehead atoms. The number of rotatable bonds is 6. The Labute approximate surface area is 252 Å². The maximum absolute atomic E-state index is 13.6. The first-order chi connectivity index (χ1) is 21.3. The molecule has 5 aromatic rings. The van der Waals surface area contributed by atoms with E-state index in [0.29, 0.717) is 62.6 Å². The standard InChI is InChI=1S/C35H24N4O5/c1-20-29-18-31-32(35(42)39(34(31)41)24-8-16-28(17-9-24)44-26-12-4-22(37)5-13-26)19-30(29)33(40)38(20)23-6-14-27(15-7-23)43-25-10-2-21(36)3-11-25/h2-19H,1,36-37H2. The molecule has 9 nitrogen and oxygen atoms in total. The van der Waals surface area contributed by atoms with Crippen LogP contribution in [0.5, 0.6) is 23.0 Å². The lowest BCUT2D eigenvalue weighted by Crippen LogP contribution is -2.29. The second kappa shape index (κ2) is 10.2. The van der Waals surface area contributed by atoms with E-state index >= 15 is 0 Å². The van der Waals surface area contributed by atoms with Crippen LogP contribution < -0.4 is 30.7 Å². The second-order valence-corrected chi connectivity index (χ2v) is 10.3. The molecule has 214 valence electrons. The van der Waals surface area contributed by atoms with Crippen molar-refractivity contribution in [1.29, 1.82) is 0 Å². The molecule has 0 saturated heterocycles. The van der Waals surface area contributed by atoms with Gasteiger partial charge in [-0.1, -0.05) is 6.58 Å². The van der Waals surface area contributed by atoms with Gasteiger partial charge >= 0.3 is 0 Å². The zero-order chi connectivity index (χ0) is 30.5. The van der Waals surface area contributed by atoms with Crippen LogP contribution in [0.25, 0.3) is 5.70 Å². The number of nitrogens with two attached hydrogens (primary N) is 2. The normalized spacial score (nSPS) is 13.7. The highest BCUT2D eigenvalue weighted by Crippen LogP contribution is 2.40. The fraction of sp³-hybridized carbons (Fsp3) is 0. The molecule has 0 atom stereocenters. The molecule has 0 radical (unpaired) electrons. The Balaban J connectivity index is 1.10. The summed E-state index contributed by atoms with van der Waals surface area (Å²) < 4.78 is 11.7. The molecule has 9 heteroatoms. The third kappa shape index (κ3) is 4.49. The summed E-state index contributed by atoms with van der Waals surface area (Å²) >= 11 is 0. The summed E-state index contributed by atoms with van der Waals surface area (Å²) in [5.41, 5.74) is 15.2. The summed E-state index contributed by atoms with van der Waals surface area (Å²) in [5, 5.41) is 0. The summed E-state index contributed by atoms with van der Waals surface area (Å²) in [5.74, 6) is 0.992. The minimum Gasteiger partial charge on any atom is -0.457 e. The van der Waals surface area contributed by atoms with Crippen LogP contribution >= 0.6 is 0 Å². The van der Waals surface area contributed by atoms with E-state index in [2.05, 4.69) is 6.58 Å². The third-order valence-electron chi connectivity index (χ3n) is 7.46. The smallest absolute Gasteiger partial charge is 0.266 e. The van der Waals surface area contributed by atoms with E-state index in [1.807, 2.05) is 0 Å². The second-order valence-electron chi connectivity index (χ2n) is 10.3. The highest BCUT2D eigenvalue weighted by atomic mass is 16.5. The van der Waals surface area contributed by atoms with Crippen molar-refractivity contribution in [2.24, 2.45) is 0 Å². The Hall–Kier alpha value is -6.35. The number of ether oxygens (including phenoxy) is 2. The van der Waals surface area contributed by atoms with E-state index in [-0.39, 0.29) is 17.0 Å². The highest BCUT2D eigenvalue weighted by Gasteiger charge is 2.41. The maximum Gasteiger partial charge on any atom is 0.266 e. The quantitative estimate of drug-likeness (QED) is 0.166. The van der Waals surface area contributed by atoms with Crippen molar-refractivity contribution in [3.05, 3.63) is 138 Å². The molecule has 0 spiro atoms. The molecule has 2 aliphatic rings. The van der Waals surface area contributed by atoms with E-state index in [1.54, 1.807) is 103 Å². The van der Waals surface area contributed by atoms with Gasteiger partial charge in [0.25, 0.3) is 17.7 Å². The third-order valence-corrected chi connectivity index (χ3v) is 7.46. The van der Waals surface area contributed by atoms with Crippen molar-refractivity contribution in [2.75, 3.05) is 21.3 Å². The van der Waals surface area contributed by atoms with E-state index in [4.69, 9.17) is 20.9 Å². The van der Waals surface area contributed by atoms with Gasteiger partial charge in [0.15, 0.2) is 0 Å². The number of fused-ring (bicyclic) bond motifs is 2. The number of carbonyl (C=O) groups excluding carboxylic acids is 3. The van der Waals surface area contributed by atoms with Crippen LogP contribution in [0.4, 0.5) is 22.7 Å². The Morgan fingerprint density at radius 1 is 0.455 bits per heavy atom. The number of nitrogens with zero attached hydrogens (tertiary/aromatic N) is 2. The lowest BCUT2D eigenvalue weighted by molar-refractivity contribution is 0.0925. The van der Waals surface area contributed by atoms with E-state index in [9.17, 15) is 14.4 Å². The molecule has 0 saturated carbocycles. The number of hydrogen-bond donors (Lipinski definition) is 2. The average molecular weight is 581 g/mol. The summed E-state index contributed by atoms with van der Waals surface area (Å²) in [6, 6.07) is 30.6. The van der Waals surface area contributed by atoms with E-state index < -0.39 is 11.8 Å². The van der Waals surface area contributed by atoms with Gasteiger partial charge in [0, 0.05) is 22.6 Å². The molecular weight excluding hydrogens is 556 g/mol. The van der Waals surface area contributed by atoms with Crippen molar-refractivity contribution in [3.63, 3.8) is 0 Å². The molecule has 7 rings (SSSR count). The number of benzene rings is 5. The van der Waals surface area contributed by atoms with Crippen molar-refractivity contribution < 1.29 is 23.9 Å². The molecule has 5 aromatic carbocycles. The van der Waals surface area contributed by atoms with Crippen molar-refractivity contribution in [1.82, 2.24) is 0 Å². The van der Waals surface area contributed by atoms with Crippen molar-refractivity contribution in [3.8, 4) is 23.0 Å². The van der Waals surface area contributed by atoms with Gasteiger partial charge in [-0.15, -0.1) is 0 Å². The minimum absolute atomic E-state index is 0.159. The fourth-order valence-electron chi connectivity index (χ4n) is 5.24. The zero-order valence-corrected chi connectivity index (χ0v) is 23.2. The number of anilines is 4. The Morgan fingerprint density at radius 2 is 0.773 bits per heavy atom. The molecule has 0 unspecified atom stereocenters. The molecule has 0 fully saturated rings. The Bertz CT molecular complexity index is 1790. The summed E-state index contributed by atoms with van der Waals surface area (Å²) in [6.07, 6.45) is 0. The molecule has 44 heavy (non-hydrogen) atoms. The number of amides is 3. The Kier molecular flexibility index (Phi) is 6.14. The van der Waals surface area contributed by atoms with E-state index in [1.165, 1.54) is 11.0 Å². The van der Waals surface area contributed by atoms with Gasteiger partial charge in [0.05, 0.1) is 28.1 Å². The van der Waals surface area contributed by atoms with Crippen LogP contribution in [0.15, 0.2) is 116 Å². The van der Waals surface area contributed by atoms with Crippen LogP contribution in [-0.2, 0) is 0 Å². The predicted octanol–water partition coefficient (Wildman–Crippen LogP) is 6.87. The van der Waals surface area contributed by atoms with Crippen LogP contribution in [0.2, 0.25) is 0 Å². The van der Waals surface area contributed by atoms with Crippen LogP contribution in [-0.4, -0.2) is 17.7 Å². The molecule has 0 aliphatic carbocycles. The van der Waals surface area contributed by atoms with Crippen molar-refractivity contribution in [2.45, 2.75) is 0 Å². The summed E-state index contributed by atoms with van der Waals surface area (Å²) in [7, 11) is 0. The fourth-order valence-corrected chi connectivity index (χ4v) is 5.24. The Morgan fingerprint density at radius 3 is 1.20 bits per heavy atom. The first-order valence-electron chi connectivity index (χ1n) is 13.6. The maximum atomic E-state index is 13.6. The molecule has 0 aromatic heterocycles. The van der Waals surface area contributed by atoms with Crippen molar-refractivity contribution >= 4 is 46.2 Å². The summed E-state index contributed by atoms with van der Waals surface area (Å²) in [4.78, 5) is 43.0. The van der Waals surface area contributed by atoms with Crippen LogP contribution in [0, 0.1) is 0 Å². The SMILES string of the molecule is C=C1c2cc3c(cc2C(=O)N1c1ccc(Oc2ccc(N)cc2)cc1)C(=O)N(c1ccc(Oc2ccc(N)cc2)cc1)C3=O. The highest BCUT2D eigenvalue weighted by molar-refractivity contribution is 6.36. The van der Waals surface area contributed by atoms with Gasteiger partial charge in [-0.3, -0.25) is 19.3 Å². The number of carbonyl (C=O) groups is 3. The van der Waals surface area contributed by atoms with Gasteiger partial charge in [0.2, 0.25) is 0 Å². The molecular formula is C35H24N4O5. The monoisotopic (exact) mass is 580 g/mol. The van der Waals surface area contributed by atoms with Gasteiger partial charge in [-0.2, -0.15) is 0 Å². The number of hydrogen-bond acceptors (Lipinski definition) is 7. The summed E-state index contributed by atoms with van der Waals surface area (Å²) in [6.45, 7) is 4.13. The lowest BCUT2D eigenvalue weighted by atomic mass is 10.0. The van der Waals surface area contributed by atoms with Crippen LogP contribution in [0.3, 0.4) is 0 Å². The molecule has 2 heterocycles. The minimum atomic E-state index is -0.513. The average Bonchev–Trinajstić information content (AvgIpc) is 3.43. The largest absolute Gasteiger partial charge is 0.457 e. The van der Waals surface area contributed by atoms with Gasteiger partial charge < -0.3 is 20.9 Å². The first-order valence-corrected chi connectivity index (χ1v) is 13.6. The topological polar surface area (TPSA) is 128 Å². The van der Waals surface area contributed by atoms with Gasteiger partial charge in [-0.05, 0) is 109 Å². The molecule has 2 aliphatic heterocycles. The van der Waals surface area contributed by atoms with Crippen LogP contribution in [0.1, 0.15) is 36.6 Å². The van der Waals surface area contributed by atoms with E-state index in [0.717, 1.165) is 4.90 Å². The van der Waals surface area contributed by atoms with Gasteiger partial charge in [-0.25, -0.2) is 4.90 Å². The molecule has 4 N–H and O–H groups in total.